The topological polar surface area (TPSA) is 58.8 Å². The summed E-state index contributed by atoms with van der Waals surface area (Å²) in [6.07, 6.45) is 4.90. The van der Waals surface area contributed by atoms with Crippen molar-refractivity contribution in [2.45, 2.75) is 52.1 Å². The summed E-state index contributed by atoms with van der Waals surface area (Å²) in [5, 5.41) is 0. The van der Waals surface area contributed by atoms with Crippen molar-refractivity contribution in [2.24, 2.45) is 11.7 Å². The van der Waals surface area contributed by atoms with E-state index in [0.717, 1.165) is 56.3 Å². The monoisotopic (exact) mass is 373 g/mol. The first-order valence-corrected chi connectivity index (χ1v) is 10.4. The highest BCUT2D eigenvalue weighted by atomic mass is 16.5. The molecule has 2 heterocycles. The summed E-state index contributed by atoms with van der Waals surface area (Å²) < 4.78 is 6.26. The Kier molecular flexibility index (Phi) is 6.43. The molecule has 0 aliphatic carbocycles. The minimum absolute atomic E-state index is 0.358. The molecule has 3 rings (SSSR count). The predicted octanol–water partition coefficient (Wildman–Crippen LogP) is 3.37. The summed E-state index contributed by atoms with van der Waals surface area (Å²) in [7, 11) is 0. The molecule has 1 aromatic carbocycles. The lowest BCUT2D eigenvalue weighted by atomic mass is 9.93. The number of anilines is 1. The number of rotatable bonds is 7. The Labute approximate surface area is 163 Å². The minimum Gasteiger partial charge on any atom is -0.371 e. The molecule has 2 aliphatic rings. The van der Waals surface area contributed by atoms with Crippen molar-refractivity contribution < 1.29 is 9.53 Å². The average molecular weight is 374 g/mol. The maximum atomic E-state index is 12.0. The molecule has 1 aromatic rings. The zero-order valence-electron chi connectivity index (χ0n) is 17.2. The predicted molar refractivity (Wildman–Crippen MR) is 110 cm³/mol. The lowest BCUT2D eigenvalue weighted by Gasteiger charge is -2.35. The van der Waals surface area contributed by atoms with Gasteiger partial charge in [-0.25, -0.2) is 0 Å². The molecule has 0 spiro atoms. The minimum atomic E-state index is -0.395. The Hall–Kier alpha value is -1.59. The van der Waals surface area contributed by atoms with Crippen LogP contribution in [0.2, 0.25) is 0 Å². The Morgan fingerprint density at radius 2 is 1.85 bits per heavy atom. The number of carbonyl (C=O) groups is 1. The fourth-order valence-electron chi connectivity index (χ4n) is 4.15. The summed E-state index contributed by atoms with van der Waals surface area (Å²) in [6.45, 7) is 12.5. The quantitative estimate of drug-likeness (QED) is 0.796. The highest BCUT2D eigenvalue weighted by molar-refractivity contribution is 5.98. The van der Waals surface area contributed by atoms with E-state index in [1.807, 2.05) is 12.1 Å². The van der Waals surface area contributed by atoms with Gasteiger partial charge in [0.2, 0.25) is 0 Å². The molecule has 5 nitrogen and oxygen atoms in total. The molecule has 5 heteroatoms. The van der Waals surface area contributed by atoms with Gasteiger partial charge >= 0.3 is 0 Å². The Bertz CT molecular complexity index is 645. The first-order chi connectivity index (χ1) is 12.9. The second-order valence-electron chi connectivity index (χ2n) is 8.67. The third-order valence-corrected chi connectivity index (χ3v) is 6.15. The summed E-state index contributed by atoms with van der Waals surface area (Å²) in [5.74, 6) is 0.384. The van der Waals surface area contributed by atoms with Gasteiger partial charge in [0.1, 0.15) is 0 Å². The van der Waals surface area contributed by atoms with Gasteiger partial charge in [-0.1, -0.05) is 13.0 Å². The van der Waals surface area contributed by atoms with Crippen LogP contribution in [0.4, 0.5) is 5.69 Å². The molecular formula is C22H35N3O2. The zero-order valence-corrected chi connectivity index (χ0v) is 17.2. The van der Waals surface area contributed by atoms with Gasteiger partial charge in [0.05, 0.1) is 17.8 Å². The number of ether oxygens (including phenoxy) is 1. The van der Waals surface area contributed by atoms with Crippen molar-refractivity contribution in [3.63, 3.8) is 0 Å². The maximum Gasteiger partial charge on any atom is 0.250 e. The molecule has 2 aliphatic heterocycles. The maximum absolute atomic E-state index is 12.0. The second-order valence-corrected chi connectivity index (χ2v) is 8.67. The third-order valence-electron chi connectivity index (χ3n) is 6.15. The van der Waals surface area contributed by atoms with E-state index >= 15 is 0 Å². The van der Waals surface area contributed by atoms with Crippen LogP contribution in [0.3, 0.4) is 0 Å². The molecule has 27 heavy (non-hydrogen) atoms. The molecule has 1 amide bonds. The lowest BCUT2D eigenvalue weighted by molar-refractivity contribution is -0.0287. The third kappa shape index (κ3) is 5.02. The highest BCUT2D eigenvalue weighted by Gasteiger charge is 2.26. The van der Waals surface area contributed by atoms with Crippen LogP contribution in [0.1, 0.15) is 62.4 Å². The second kappa shape index (κ2) is 8.61. The van der Waals surface area contributed by atoms with Crippen molar-refractivity contribution >= 4 is 11.6 Å². The number of carbonyl (C=O) groups excluding carboxylic acids is 1. The first kappa shape index (κ1) is 20.2. The fraction of sp³-hybridized carbons (Fsp3) is 0.682. The summed E-state index contributed by atoms with van der Waals surface area (Å²) in [5.41, 5.74) is 7.93. The summed E-state index contributed by atoms with van der Waals surface area (Å²) in [6, 6.07) is 5.98. The number of amides is 1. The number of hydrogen-bond donors (Lipinski definition) is 1. The van der Waals surface area contributed by atoms with Gasteiger partial charge in [-0.15, -0.1) is 0 Å². The van der Waals surface area contributed by atoms with E-state index in [9.17, 15) is 4.79 Å². The molecule has 0 unspecified atom stereocenters. The van der Waals surface area contributed by atoms with E-state index in [-0.39, 0.29) is 5.91 Å². The average Bonchev–Trinajstić information content (AvgIpc) is 3.15. The number of primary amides is 1. The van der Waals surface area contributed by atoms with Crippen LogP contribution in [0.25, 0.3) is 0 Å². The SMILES string of the molecule is CC1CCN(c2cc(C(C)(C)OCCN3CCCC3)ccc2C(N)=O)CC1. The molecule has 2 saturated heterocycles. The van der Waals surface area contributed by atoms with Crippen molar-refractivity contribution in [1.29, 1.82) is 0 Å². The molecule has 0 bridgehead atoms. The molecule has 2 N–H and O–H groups in total. The van der Waals surface area contributed by atoms with Gasteiger partial charge < -0.3 is 20.3 Å². The summed E-state index contributed by atoms with van der Waals surface area (Å²) in [4.78, 5) is 16.7. The van der Waals surface area contributed by atoms with Crippen molar-refractivity contribution in [2.75, 3.05) is 44.2 Å². The van der Waals surface area contributed by atoms with Crippen LogP contribution in [-0.2, 0) is 10.3 Å². The van der Waals surface area contributed by atoms with E-state index in [1.165, 1.54) is 25.9 Å². The number of likely N-dealkylation sites (tertiary alicyclic amines) is 1. The smallest absolute Gasteiger partial charge is 0.250 e. The molecule has 0 atom stereocenters. The molecular weight excluding hydrogens is 338 g/mol. The molecule has 0 saturated carbocycles. The van der Waals surface area contributed by atoms with E-state index in [0.29, 0.717) is 5.56 Å². The van der Waals surface area contributed by atoms with E-state index in [2.05, 4.69) is 36.6 Å². The fourth-order valence-corrected chi connectivity index (χ4v) is 4.15. The van der Waals surface area contributed by atoms with E-state index in [4.69, 9.17) is 10.5 Å². The van der Waals surface area contributed by atoms with E-state index in [1.54, 1.807) is 0 Å². The standard InChI is InChI=1S/C22H35N3O2/c1-17-8-12-25(13-9-17)20-16-18(6-7-19(20)21(23)26)22(2,3)27-15-14-24-10-4-5-11-24/h6-7,16-17H,4-5,8-15H2,1-3H3,(H2,23,26). The van der Waals surface area contributed by atoms with Gasteiger partial charge in [-0.2, -0.15) is 0 Å². The molecule has 0 aromatic heterocycles. The van der Waals surface area contributed by atoms with Crippen molar-refractivity contribution in [3.8, 4) is 0 Å². The number of hydrogen-bond acceptors (Lipinski definition) is 4. The van der Waals surface area contributed by atoms with Crippen LogP contribution in [-0.4, -0.2) is 50.1 Å². The molecule has 0 radical (unpaired) electrons. The zero-order chi connectivity index (χ0) is 19.4. The van der Waals surface area contributed by atoms with Crippen LogP contribution >= 0.6 is 0 Å². The van der Waals surface area contributed by atoms with Gasteiger partial charge in [0.25, 0.3) is 5.91 Å². The Morgan fingerprint density at radius 1 is 1.19 bits per heavy atom. The Morgan fingerprint density at radius 3 is 2.48 bits per heavy atom. The van der Waals surface area contributed by atoms with E-state index < -0.39 is 5.60 Å². The Balaban J connectivity index is 1.73. The lowest BCUT2D eigenvalue weighted by Crippen LogP contribution is -2.35. The largest absolute Gasteiger partial charge is 0.371 e. The first-order valence-electron chi connectivity index (χ1n) is 10.4. The number of benzene rings is 1. The van der Waals surface area contributed by atoms with Crippen LogP contribution in [0.15, 0.2) is 18.2 Å². The molecule has 2 fully saturated rings. The number of nitrogens with two attached hydrogens (primary N) is 1. The van der Waals surface area contributed by atoms with Gasteiger partial charge in [0.15, 0.2) is 0 Å². The van der Waals surface area contributed by atoms with Crippen LogP contribution in [0.5, 0.6) is 0 Å². The summed E-state index contributed by atoms with van der Waals surface area (Å²) >= 11 is 0. The van der Waals surface area contributed by atoms with Crippen molar-refractivity contribution in [3.05, 3.63) is 29.3 Å². The van der Waals surface area contributed by atoms with Crippen LogP contribution in [0, 0.1) is 5.92 Å². The van der Waals surface area contributed by atoms with Gasteiger partial charge in [0, 0.05) is 25.3 Å². The van der Waals surface area contributed by atoms with Gasteiger partial charge in [-0.05, 0) is 76.2 Å². The number of piperidine rings is 1. The highest BCUT2D eigenvalue weighted by Crippen LogP contribution is 2.32. The van der Waals surface area contributed by atoms with Crippen LogP contribution < -0.4 is 10.6 Å². The van der Waals surface area contributed by atoms with Gasteiger partial charge in [-0.3, -0.25) is 4.79 Å². The normalized spacial score (nSPS) is 19.6. The number of nitrogens with zero attached hydrogens (tertiary/aromatic N) is 2. The molecule has 150 valence electrons. The van der Waals surface area contributed by atoms with Crippen molar-refractivity contribution in [1.82, 2.24) is 4.90 Å².